The van der Waals surface area contributed by atoms with Gasteiger partial charge >= 0.3 is 0 Å². The van der Waals surface area contributed by atoms with Crippen LogP contribution < -0.4 is 5.32 Å². The molecule has 0 bridgehead atoms. The molecule has 1 N–H and O–H groups in total. The van der Waals surface area contributed by atoms with Crippen LogP contribution in [-0.2, 0) is 6.54 Å². The molecule has 1 amide bonds. The van der Waals surface area contributed by atoms with Crippen LogP contribution in [0.25, 0.3) is 0 Å². The zero-order valence-corrected chi connectivity index (χ0v) is 16.6. The molecule has 2 aliphatic heterocycles. The van der Waals surface area contributed by atoms with Crippen LogP contribution in [0.4, 0.5) is 0 Å². The number of benzene rings is 1. The molecule has 2 fully saturated rings. The Hall–Kier alpha value is -1.43. The zero-order valence-electron chi connectivity index (χ0n) is 16.6. The van der Waals surface area contributed by atoms with Gasteiger partial charge in [0.1, 0.15) is 0 Å². The Labute approximate surface area is 158 Å². The van der Waals surface area contributed by atoms with E-state index in [4.69, 9.17) is 0 Å². The monoisotopic (exact) mass is 358 g/mol. The van der Waals surface area contributed by atoms with E-state index in [0.717, 1.165) is 64.3 Å². The standard InChI is InChI=1S/C21H34N4O/c1-4-23(17(2)3)15-18-5-7-19(8-6-18)21(26)25-12-9-20(16-25)24-13-10-22-11-14-24/h5-8,17,20,22H,4,9-16H2,1-3H3. The van der Waals surface area contributed by atoms with Crippen molar-refractivity contribution in [1.82, 2.24) is 20.0 Å². The summed E-state index contributed by atoms with van der Waals surface area (Å²) in [5.74, 6) is 0.186. The van der Waals surface area contributed by atoms with Crippen molar-refractivity contribution in [2.45, 2.75) is 45.8 Å². The highest BCUT2D eigenvalue weighted by Gasteiger charge is 2.31. The van der Waals surface area contributed by atoms with Crippen LogP contribution in [0.3, 0.4) is 0 Å². The van der Waals surface area contributed by atoms with E-state index < -0.39 is 0 Å². The molecule has 1 atom stereocenters. The first-order valence-electron chi connectivity index (χ1n) is 10.2. The second-order valence-corrected chi connectivity index (χ2v) is 7.83. The van der Waals surface area contributed by atoms with E-state index in [2.05, 4.69) is 48.0 Å². The van der Waals surface area contributed by atoms with Crippen molar-refractivity contribution < 1.29 is 4.79 Å². The Morgan fingerprint density at radius 1 is 1.19 bits per heavy atom. The summed E-state index contributed by atoms with van der Waals surface area (Å²) in [5, 5.41) is 3.40. The van der Waals surface area contributed by atoms with Crippen LogP contribution in [0.1, 0.15) is 43.1 Å². The predicted octanol–water partition coefficient (Wildman–Crippen LogP) is 2.04. The molecule has 0 saturated carbocycles. The lowest BCUT2D eigenvalue weighted by molar-refractivity contribution is 0.0773. The number of likely N-dealkylation sites (tertiary alicyclic amines) is 1. The molecule has 1 aromatic carbocycles. The van der Waals surface area contributed by atoms with Crippen molar-refractivity contribution in [3.63, 3.8) is 0 Å². The van der Waals surface area contributed by atoms with E-state index in [-0.39, 0.29) is 5.91 Å². The summed E-state index contributed by atoms with van der Waals surface area (Å²) >= 11 is 0. The summed E-state index contributed by atoms with van der Waals surface area (Å²) in [4.78, 5) is 19.9. The Morgan fingerprint density at radius 2 is 1.88 bits per heavy atom. The van der Waals surface area contributed by atoms with Crippen molar-refractivity contribution in [2.75, 3.05) is 45.8 Å². The van der Waals surface area contributed by atoms with E-state index in [1.807, 2.05) is 17.0 Å². The summed E-state index contributed by atoms with van der Waals surface area (Å²) in [6.45, 7) is 14.7. The van der Waals surface area contributed by atoms with Gasteiger partial charge in [-0.15, -0.1) is 0 Å². The molecule has 3 rings (SSSR count). The summed E-state index contributed by atoms with van der Waals surface area (Å²) in [5.41, 5.74) is 2.10. The minimum Gasteiger partial charge on any atom is -0.337 e. The number of carbonyl (C=O) groups excluding carboxylic acids is 1. The average molecular weight is 359 g/mol. The first-order chi connectivity index (χ1) is 12.6. The Bertz CT molecular complexity index is 580. The lowest BCUT2D eigenvalue weighted by atomic mass is 10.1. The van der Waals surface area contributed by atoms with Gasteiger partial charge in [0.15, 0.2) is 0 Å². The molecular formula is C21H34N4O. The number of amides is 1. The number of hydrogen-bond donors (Lipinski definition) is 1. The molecule has 2 aliphatic rings. The topological polar surface area (TPSA) is 38.8 Å². The highest BCUT2D eigenvalue weighted by atomic mass is 16.2. The molecule has 0 aromatic heterocycles. The number of nitrogens with zero attached hydrogens (tertiary/aromatic N) is 3. The van der Waals surface area contributed by atoms with Crippen LogP contribution in [0.15, 0.2) is 24.3 Å². The van der Waals surface area contributed by atoms with E-state index >= 15 is 0 Å². The number of rotatable bonds is 6. The van der Waals surface area contributed by atoms with Crippen molar-refractivity contribution in [3.05, 3.63) is 35.4 Å². The Balaban J connectivity index is 1.56. The minimum atomic E-state index is 0.186. The van der Waals surface area contributed by atoms with Gasteiger partial charge < -0.3 is 10.2 Å². The van der Waals surface area contributed by atoms with Gasteiger partial charge in [0.2, 0.25) is 0 Å². The van der Waals surface area contributed by atoms with Gasteiger partial charge in [0, 0.05) is 63.5 Å². The Kier molecular flexibility index (Phi) is 6.68. The molecule has 2 saturated heterocycles. The van der Waals surface area contributed by atoms with Gasteiger partial charge in [-0.25, -0.2) is 0 Å². The fourth-order valence-corrected chi connectivity index (χ4v) is 4.10. The van der Waals surface area contributed by atoms with Crippen molar-refractivity contribution in [3.8, 4) is 0 Å². The summed E-state index contributed by atoms with van der Waals surface area (Å²) < 4.78 is 0. The molecule has 26 heavy (non-hydrogen) atoms. The fraction of sp³-hybridized carbons (Fsp3) is 0.667. The average Bonchev–Trinajstić information content (AvgIpc) is 3.16. The van der Waals surface area contributed by atoms with Crippen LogP contribution in [-0.4, -0.2) is 78.5 Å². The van der Waals surface area contributed by atoms with Gasteiger partial charge in [0.05, 0.1) is 0 Å². The highest BCUT2D eigenvalue weighted by Crippen LogP contribution is 2.19. The van der Waals surface area contributed by atoms with Crippen molar-refractivity contribution in [1.29, 1.82) is 0 Å². The summed E-state index contributed by atoms with van der Waals surface area (Å²) in [6.07, 6.45) is 1.10. The molecule has 144 valence electrons. The third-order valence-corrected chi connectivity index (χ3v) is 5.84. The molecule has 5 heteroatoms. The van der Waals surface area contributed by atoms with Gasteiger partial charge in [-0.05, 0) is 44.5 Å². The zero-order chi connectivity index (χ0) is 18.5. The summed E-state index contributed by atoms with van der Waals surface area (Å²) in [6, 6.07) is 9.30. The van der Waals surface area contributed by atoms with Crippen LogP contribution in [0.5, 0.6) is 0 Å². The second-order valence-electron chi connectivity index (χ2n) is 7.83. The molecule has 5 nitrogen and oxygen atoms in total. The van der Waals surface area contributed by atoms with E-state index in [1.54, 1.807) is 0 Å². The molecule has 0 aliphatic carbocycles. The molecule has 2 heterocycles. The van der Waals surface area contributed by atoms with E-state index in [1.165, 1.54) is 5.56 Å². The molecule has 1 aromatic rings. The first-order valence-corrected chi connectivity index (χ1v) is 10.2. The maximum atomic E-state index is 12.9. The van der Waals surface area contributed by atoms with Crippen LogP contribution in [0.2, 0.25) is 0 Å². The lowest BCUT2D eigenvalue weighted by Gasteiger charge is -2.32. The predicted molar refractivity (Wildman–Crippen MR) is 106 cm³/mol. The van der Waals surface area contributed by atoms with Crippen molar-refractivity contribution in [2.24, 2.45) is 0 Å². The van der Waals surface area contributed by atoms with Gasteiger partial charge in [-0.2, -0.15) is 0 Å². The normalized spacial score (nSPS) is 21.7. The fourth-order valence-electron chi connectivity index (χ4n) is 4.10. The molecule has 1 unspecified atom stereocenters. The van der Waals surface area contributed by atoms with Gasteiger partial charge in [-0.1, -0.05) is 19.1 Å². The highest BCUT2D eigenvalue weighted by molar-refractivity contribution is 5.94. The lowest BCUT2D eigenvalue weighted by Crippen LogP contribution is -2.49. The third kappa shape index (κ3) is 4.64. The van der Waals surface area contributed by atoms with Crippen molar-refractivity contribution >= 4 is 5.91 Å². The SMILES string of the molecule is CCN(Cc1ccc(C(=O)N2CCC(N3CCNCC3)C2)cc1)C(C)C. The number of nitrogens with one attached hydrogen (secondary N) is 1. The van der Waals surface area contributed by atoms with Crippen LogP contribution in [0, 0.1) is 0 Å². The quantitative estimate of drug-likeness (QED) is 0.845. The van der Waals surface area contributed by atoms with Crippen LogP contribution >= 0.6 is 0 Å². The van der Waals surface area contributed by atoms with E-state index in [9.17, 15) is 4.79 Å². The largest absolute Gasteiger partial charge is 0.337 e. The van der Waals surface area contributed by atoms with Gasteiger partial charge in [0.25, 0.3) is 5.91 Å². The minimum absolute atomic E-state index is 0.186. The summed E-state index contributed by atoms with van der Waals surface area (Å²) in [7, 11) is 0. The third-order valence-electron chi connectivity index (χ3n) is 5.84. The Morgan fingerprint density at radius 3 is 2.50 bits per heavy atom. The number of hydrogen-bond acceptors (Lipinski definition) is 4. The maximum Gasteiger partial charge on any atom is 0.253 e. The van der Waals surface area contributed by atoms with E-state index in [0.29, 0.717) is 12.1 Å². The molecular weight excluding hydrogens is 324 g/mol. The smallest absolute Gasteiger partial charge is 0.253 e. The molecule has 0 radical (unpaired) electrons. The maximum absolute atomic E-state index is 12.9. The second kappa shape index (κ2) is 8.98. The number of carbonyl (C=O) groups is 1. The molecule has 0 spiro atoms. The number of piperazine rings is 1. The van der Waals surface area contributed by atoms with Gasteiger partial charge in [-0.3, -0.25) is 14.6 Å². The first kappa shape index (κ1) is 19.3.